The number of nitrogens with two attached hydrogens (primary N) is 1. The Hall–Kier alpha value is -0.610. The zero-order valence-electron chi connectivity index (χ0n) is 7.62. The Morgan fingerprint density at radius 3 is 3.00 bits per heavy atom. The summed E-state index contributed by atoms with van der Waals surface area (Å²) in [6.07, 6.45) is 5.62. The first-order valence-electron chi connectivity index (χ1n) is 4.68. The minimum absolute atomic E-state index is 0.500. The first-order valence-corrected chi connectivity index (χ1v) is 5.56. The zero-order valence-corrected chi connectivity index (χ0v) is 8.44. The second-order valence-electron chi connectivity index (χ2n) is 3.73. The van der Waals surface area contributed by atoms with E-state index < -0.39 is 0 Å². The van der Waals surface area contributed by atoms with Gasteiger partial charge in [-0.15, -0.1) is 11.3 Å². The number of aromatic nitrogens is 1. The maximum absolute atomic E-state index is 5.56. The fourth-order valence-electron chi connectivity index (χ4n) is 1.57. The van der Waals surface area contributed by atoms with Crippen molar-refractivity contribution in [3.05, 3.63) is 11.6 Å². The molecule has 1 fully saturated rings. The lowest BCUT2D eigenvalue weighted by Crippen LogP contribution is -2.18. The van der Waals surface area contributed by atoms with Crippen molar-refractivity contribution in [2.45, 2.75) is 19.3 Å². The minimum Gasteiger partial charge on any atom is -0.361 e. The standard InChI is InChI=1S/C9H15N3S/c10-4-3-9(1-2-9)7-12-8-11-5-6-13-8/h5-6H,1-4,7,10H2,(H,11,12). The second-order valence-corrected chi connectivity index (χ2v) is 4.62. The molecule has 1 aromatic rings. The molecule has 3 N–H and O–H groups in total. The van der Waals surface area contributed by atoms with Gasteiger partial charge in [0, 0.05) is 18.1 Å². The largest absolute Gasteiger partial charge is 0.361 e. The Balaban J connectivity index is 1.79. The van der Waals surface area contributed by atoms with Crippen molar-refractivity contribution in [3.63, 3.8) is 0 Å². The molecule has 0 saturated heterocycles. The Morgan fingerprint density at radius 2 is 2.46 bits per heavy atom. The van der Waals surface area contributed by atoms with Gasteiger partial charge in [-0.3, -0.25) is 0 Å². The molecule has 0 aromatic carbocycles. The molecular weight excluding hydrogens is 182 g/mol. The summed E-state index contributed by atoms with van der Waals surface area (Å²) < 4.78 is 0. The third kappa shape index (κ3) is 2.19. The molecule has 13 heavy (non-hydrogen) atoms. The molecule has 0 spiro atoms. The average Bonchev–Trinajstić information content (AvgIpc) is 2.71. The van der Waals surface area contributed by atoms with Crippen LogP contribution in [0.3, 0.4) is 0 Å². The minimum atomic E-state index is 0.500. The second kappa shape index (κ2) is 3.64. The Bertz CT molecular complexity index is 254. The van der Waals surface area contributed by atoms with Crippen molar-refractivity contribution >= 4 is 16.5 Å². The van der Waals surface area contributed by atoms with Gasteiger partial charge >= 0.3 is 0 Å². The molecule has 72 valence electrons. The van der Waals surface area contributed by atoms with E-state index in [1.54, 1.807) is 11.3 Å². The van der Waals surface area contributed by atoms with Gasteiger partial charge in [0.2, 0.25) is 0 Å². The highest BCUT2D eigenvalue weighted by atomic mass is 32.1. The van der Waals surface area contributed by atoms with Gasteiger partial charge < -0.3 is 11.1 Å². The zero-order chi connectivity index (χ0) is 9.15. The predicted octanol–water partition coefficient (Wildman–Crippen LogP) is 1.68. The molecule has 0 aliphatic heterocycles. The third-order valence-electron chi connectivity index (χ3n) is 2.68. The Labute approximate surface area is 82.4 Å². The van der Waals surface area contributed by atoms with Crippen molar-refractivity contribution in [1.29, 1.82) is 0 Å². The lowest BCUT2D eigenvalue weighted by molar-refractivity contribution is 0.501. The molecule has 2 rings (SSSR count). The summed E-state index contributed by atoms with van der Waals surface area (Å²) in [5.74, 6) is 0. The molecule has 0 amide bonds. The van der Waals surface area contributed by atoms with Crippen LogP contribution in [0.2, 0.25) is 0 Å². The number of nitrogens with one attached hydrogen (secondary N) is 1. The summed E-state index contributed by atoms with van der Waals surface area (Å²) >= 11 is 1.66. The fraction of sp³-hybridized carbons (Fsp3) is 0.667. The quantitative estimate of drug-likeness (QED) is 0.755. The van der Waals surface area contributed by atoms with Crippen LogP contribution >= 0.6 is 11.3 Å². The van der Waals surface area contributed by atoms with Crippen LogP contribution in [0.25, 0.3) is 0 Å². The molecule has 3 nitrogen and oxygen atoms in total. The van der Waals surface area contributed by atoms with Crippen LogP contribution in [0.4, 0.5) is 5.13 Å². The SMILES string of the molecule is NCCC1(CNc2nccs2)CC1. The van der Waals surface area contributed by atoms with Crippen LogP contribution < -0.4 is 11.1 Å². The van der Waals surface area contributed by atoms with E-state index in [0.717, 1.165) is 24.6 Å². The van der Waals surface area contributed by atoms with Gasteiger partial charge in [0.05, 0.1) is 0 Å². The van der Waals surface area contributed by atoms with Gasteiger partial charge in [0.15, 0.2) is 5.13 Å². The molecule has 0 atom stereocenters. The molecule has 0 bridgehead atoms. The Morgan fingerprint density at radius 1 is 1.62 bits per heavy atom. The summed E-state index contributed by atoms with van der Waals surface area (Å²) in [6.45, 7) is 1.84. The summed E-state index contributed by atoms with van der Waals surface area (Å²) in [5.41, 5.74) is 6.06. The molecule has 0 radical (unpaired) electrons. The van der Waals surface area contributed by atoms with Crippen molar-refractivity contribution in [2.24, 2.45) is 11.1 Å². The fourth-order valence-corrected chi connectivity index (χ4v) is 2.10. The van der Waals surface area contributed by atoms with Crippen LogP contribution in [-0.4, -0.2) is 18.1 Å². The van der Waals surface area contributed by atoms with Crippen LogP contribution in [0, 0.1) is 5.41 Å². The van der Waals surface area contributed by atoms with Gasteiger partial charge in [-0.1, -0.05) is 0 Å². The average molecular weight is 197 g/mol. The van der Waals surface area contributed by atoms with E-state index in [1.807, 2.05) is 11.6 Å². The smallest absolute Gasteiger partial charge is 0.182 e. The predicted molar refractivity (Wildman–Crippen MR) is 55.9 cm³/mol. The highest BCUT2D eigenvalue weighted by Gasteiger charge is 2.41. The molecular formula is C9H15N3S. The summed E-state index contributed by atoms with van der Waals surface area (Å²) in [7, 11) is 0. The molecule has 1 aromatic heterocycles. The molecule has 1 aliphatic rings. The van der Waals surface area contributed by atoms with E-state index >= 15 is 0 Å². The highest BCUT2D eigenvalue weighted by molar-refractivity contribution is 7.13. The number of nitrogens with zero attached hydrogens (tertiary/aromatic N) is 1. The van der Waals surface area contributed by atoms with Gasteiger partial charge in [0.25, 0.3) is 0 Å². The number of anilines is 1. The van der Waals surface area contributed by atoms with E-state index in [1.165, 1.54) is 12.8 Å². The number of hydrogen-bond acceptors (Lipinski definition) is 4. The molecule has 1 aliphatic carbocycles. The van der Waals surface area contributed by atoms with Crippen molar-refractivity contribution < 1.29 is 0 Å². The summed E-state index contributed by atoms with van der Waals surface area (Å²) in [6, 6.07) is 0. The van der Waals surface area contributed by atoms with E-state index in [9.17, 15) is 0 Å². The van der Waals surface area contributed by atoms with Crippen molar-refractivity contribution in [2.75, 3.05) is 18.4 Å². The highest BCUT2D eigenvalue weighted by Crippen LogP contribution is 2.48. The molecule has 1 saturated carbocycles. The first kappa shape index (κ1) is 8.97. The number of hydrogen-bond donors (Lipinski definition) is 2. The van der Waals surface area contributed by atoms with Crippen molar-refractivity contribution in [3.8, 4) is 0 Å². The van der Waals surface area contributed by atoms with E-state index in [0.29, 0.717) is 5.41 Å². The van der Waals surface area contributed by atoms with E-state index in [4.69, 9.17) is 5.73 Å². The Kier molecular flexibility index (Phi) is 2.51. The molecule has 1 heterocycles. The van der Waals surface area contributed by atoms with Gasteiger partial charge in [-0.05, 0) is 31.2 Å². The maximum atomic E-state index is 5.56. The van der Waals surface area contributed by atoms with Crippen LogP contribution in [0.1, 0.15) is 19.3 Å². The lowest BCUT2D eigenvalue weighted by Gasteiger charge is -2.13. The van der Waals surface area contributed by atoms with E-state index in [2.05, 4.69) is 10.3 Å². The third-order valence-corrected chi connectivity index (χ3v) is 3.41. The molecule has 0 unspecified atom stereocenters. The summed E-state index contributed by atoms with van der Waals surface area (Å²) in [4.78, 5) is 4.18. The van der Waals surface area contributed by atoms with Gasteiger partial charge in [-0.2, -0.15) is 0 Å². The maximum Gasteiger partial charge on any atom is 0.182 e. The van der Waals surface area contributed by atoms with Crippen LogP contribution in [-0.2, 0) is 0 Å². The topological polar surface area (TPSA) is 50.9 Å². The lowest BCUT2D eigenvalue weighted by atomic mass is 10.0. The normalized spacial score (nSPS) is 18.5. The van der Waals surface area contributed by atoms with Gasteiger partial charge in [0.1, 0.15) is 0 Å². The summed E-state index contributed by atoms with van der Waals surface area (Å²) in [5, 5.41) is 6.39. The first-order chi connectivity index (χ1) is 6.35. The van der Waals surface area contributed by atoms with Crippen molar-refractivity contribution in [1.82, 2.24) is 4.98 Å². The van der Waals surface area contributed by atoms with Gasteiger partial charge in [-0.25, -0.2) is 4.98 Å². The van der Waals surface area contributed by atoms with Crippen LogP contribution in [0.5, 0.6) is 0 Å². The number of rotatable bonds is 5. The monoisotopic (exact) mass is 197 g/mol. The number of thiazole rings is 1. The molecule has 4 heteroatoms. The van der Waals surface area contributed by atoms with Crippen LogP contribution in [0.15, 0.2) is 11.6 Å². The van der Waals surface area contributed by atoms with E-state index in [-0.39, 0.29) is 0 Å².